The van der Waals surface area contributed by atoms with E-state index >= 15 is 0 Å². The van der Waals surface area contributed by atoms with Crippen molar-refractivity contribution in [3.63, 3.8) is 0 Å². The molecule has 1 aliphatic rings. The summed E-state index contributed by atoms with van der Waals surface area (Å²) in [7, 11) is 0. The summed E-state index contributed by atoms with van der Waals surface area (Å²) in [6.45, 7) is 0.555. The molecule has 1 atom stereocenters. The van der Waals surface area contributed by atoms with Crippen molar-refractivity contribution in [1.82, 2.24) is 5.32 Å². The van der Waals surface area contributed by atoms with Crippen LogP contribution in [0.15, 0.2) is 18.2 Å². The summed E-state index contributed by atoms with van der Waals surface area (Å²) >= 11 is 3.70. The second-order valence-electron chi connectivity index (χ2n) is 4.40. The Kier molecular flexibility index (Phi) is 5.75. The second kappa shape index (κ2) is 7.56. The number of carbonyl (C=O) groups is 2. The van der Waals surface area contributed by atoms with Gasteiger partial charge in [-0.3, -0.25) is 0 Å². The van der Waals surface area contributed by atoms with Gasteiger partial charge >= 0.3 is 12.0 Å². The van der Waals surface area contributed by atoms with Crippen molar-refractivity contribution in [3.8, 4) is 0 Å². The Bertz CT molecular complexity index is 536. The fraction of sp³-hybridized carbons (Fsp3) is 0.385. The van der Waals surface area contributed by atoms with E-state index in [0.717, 1.165) is 29.4 Å². The molecule has 1 fully saturated rings. The molecule has 21 heavy (non-hydrogen) atoms. The minimum atomic E-state index is -1.34. The van der Waals surface area contributed by atoms with Crippen LogP contribution in [0.2, 0.25) is 0 Å². The van der Waals surface area contributed by atoms with E-state index in [-0.39, 0.29) is 5.69 Å². The minimum Gasteiger partial charge on any atom is -0.478 e. The zero-order valence-electron chi connectivity index (χ0n) is 11.1. The highest BCUT2D eigenvalue weighted by Crippen LogP contribution is 2.23. The number of carboxylic acid groups (broad SMARTS) is 1. The van der Waals surface area contributed by atoms with E-state index in [1.165, 1.54) is 6.07 Å². The van der Waals surface area contributed by atoms with Crippen LogP contribution in [0.1, 0.15) is 10.4 Å². The van der Waals surface area contributed by atoms with Crippen molar-refractivity contribution in [1.29, 1.82) is 0 Å². The highest BCUT2D eigenvalue weighted by molar-refractivity contribution is 8.06. The van der Waals surface area contributed by atoms with Gasteiger partial charge in [0.1, 0.15) is 5.82 Å². The van der Waals surface area contributed by atoms with Gasteiger partial charge in [-0.1, -0.05) is 0 Å². The van der Waals surface area contributed by atoms with Crippen LogP contribution in [-0.2, 0) is 0 Å². The number of anilines is 1. The fourth-order valence-corrected chi connectivity index (χ4v) is 4.41. The summed E-state index contributed by atoms with van der Waals surface area (Å²) in [6, 6.07) is 3.06. The van der Waals surface area contributed by atoms with E-state index in [0.29, 0.717) is 11.8 Å². The lowest BCUT2D eigenvalue weighted by Crippen LogP contribution is -2.36. The highest BCUT2D eigenvalue weighted by atomic mass is 32.2. The van der Waals surface area contributed by atoms with Gasteiger partial charge in [-0.05, 0) is 18.2 Å². The summed E-state index contributed by atoms with van der Waals surface area (Å²) in [5, 5.41) is 14.3. The van der Waals surface area contributed by atoms with Crippen LogP contribution >= 0.6 is 23.5 Å². The Hall–Kier alpha value is -1.41. The quantitative estimate of drug-likeness (QED) is 0.790. The van der Waals surface area contributed by atoms with Crippen molar-refractivity contribution in [2.45, 2.75) is 5.25 Å². The molecule has 0 spiro atoms. The average molecular weight is 330 g/mol. The van der Waals surface area contributed by atoms with E-state index in [2.05, 4.69) is 10.6 Å². The number of urea groups is 1. The van der Waals surface area contributed by atoms with E-state index < -0.39 is 23.4 Å². The fourth-order valence-electron chi connectivity index (χ4n) is 1.80. The molecule has 1 heterocycles. The zero-order valence-corrected chi connectivity index (χ0v) is 12.7. The molecule has 0 aromatic heterocycles. The summed E-state index contributed by atoms with van der Waals surface area (Å²) in [6.07, 6.45) is 0. The number of halogens is 1. The number of carbonyl (C=O) groups excluding carboxylic acids is 1. The first kappa shape index (κ1) is 16.0. The van der Waals surface area contributed by atoms with Crippen LogP contribution in [0.25, 0.3) is 0 Å². The zero-order chi connectivity index (χ0) is 15.2. The van der Waals surface area contributed by atoms with Crippen molar-refractivity contribution < 1.29 is 19.1 Å². The standard InChI is InChI=1S/C13H15FN2O3S2/c14-11-5-8(1-2-10(11)12(17)18)16-13(19)15-6-9-7-20-3-4-21-9/h1-2,5,9H,3-4,6-7H2,(H,17,18)(H2,15,16,19). The van der Waals surface area contributed by atoms with Gasteiger partial charge in [0.05, 0.1) is 5.56 Å². The molecular formula is C13H15FN2O3S2. The summed E-state index contributed by atoms with van der Waals surface area (Å²) < 4.78 is 13.5. The van der Waals surface area contributed by atoms with Gasteiger partial charge in [0, 0.05) is 34.7 Å². The van der Waals surface area contributed by atoms with Gasteiger partial charge in [0.2, 0.25) is 0 Å². The number of amides is 2. The predicted molar refractivity (Wildman–Crippen MR) is 84.0 cm³/mol. The monoisotopic (exact) mass is 330 g/mol. The molecule has 0 aliphatic carbocycles. The van der Waals surface area contributed by atoms with Crippen molar-refractivity contribution in [2.24, 2.45) is 0 Å². The lowest BCUT2D eigenvalue weighted by Gasteiger charge is -2.21. The number of nitrogens with one attached hydrogen (secondary N) is 2. The molecule has 114 valence electrons. The van der Waals surface area contributed by atoms with E-state index in [9.17, 15) is 14.0 Å². The highest BCUT2D eigenvalue weighted by Gasteiger charge is 2.15. The van der Waals surface area contributed by atoms with Gasteiger partial charge in [0.25, 0.3) is 0 Å². The van der Waals surface area contributed by atoms with E-state index in [1.807, 2.05) is 23.5 Å². The maximum absolute atomic E-state index is 13.5. The number of carboxylic acids is 1. The molecule has 0 saturated carbocycles. The first-order valence-electron chi connectivity index (χ1n) is 6.33. The first-order chi connectivity index (χ1) is 10.1. The molecule has 3 N–H and O–H groups in total. The summed E-state index contributed by atoms with van der Waals surface area (Å²) in [4.78, 5) is 22.4. The third-order valence-electron chi connectivity index (χ3n) is 2.83. The number of hydrogen-bond acceptors (Lipinski definition) is 4. The average Bonchev–Trinajstić information content (AvgIpc) is 2.46. The van der Waals surface area contributed by atoms with E-state index in [4.69, 9.17) is 5.11 Å². The summed E-state index contributed by atoms with van der Waals surface area (Å²) in [5.41, 5.74) is -0.197. The molecular weight excluding hydrogens is 315 g/mol. The second-order valence-corrected chi connectivity index (χ2v) is 6.96. The smallest absolute Gasteiger partial charge is 0.338 e. The number of aromatic carboxylic acids is 1. The van der Waals surface area contributed by atoms with Crippen LogP contribution in [-0.4, -0.2) is 46.2 Å². The van der Waals surface area contributed by atoms with Crippen LogP contribution < -0.4 is 10.6 Å². The molecule has 1 aromatic rings. The van der Waals surface area contributed by atoms with Gasteiger partial charge in [0.15, 0.2) is 0 Å². The molecule has 5 nitrogen and oxygen atoms in total. The van der Waals surface area contributed by atoms with Crippen molar-refractivity contribution in [2.75, 3.05) is 29.1 Å². The van der Waals surface area contributed by atoms with Gasteiger partial charge < -0.3 is 15.7 Å². The van der Waals surface area contributed by atoms with Gasteiger partial charge in [-0.2, -0.15) is 23.5 Å². The Morgan fingerprint density at radius 1 is 1.38 bits per heavy atom. The molecule has 1 aliphatic heterocycles. The first-order valence-corrected chi connectivity index (χ1v) is 8.53. The largest absolute Gasteiger partial charge is 0.478 e. The molecule has 8 heteroatoms. The molecule has 2 rings (SSSR count). The number of thioether (sulfide) groups is 2. The van der Waals surface area contributed by atoms with Gasteiger partial charge in [-0.15, -0.1) is 0 Å². The molecule has 1 aromatic carbocycles. The van der Waals surface area contributed by atoms with Crippen LogP contribution in [0.3, 0.4) is 0 Å². The Labute approximate surface area is 130 Å². The third-order valence-corrected chi connectivity index (χ3v) is 5.68. The molecule has 1 unspecified atom stereocenters. The van der Waals surface area contributed by atoms with Crippen LogP contribution in [0, 0.1) is 5.82 Å². The number of hydrogen-bond donors (Lipinski definition) is 3. The van der Waals surface area contributed by atoms with Crippen LogP contribution in [0.4, 0.5) is 14.9 Å². The maximum Gasteiger partial charge on any atom is 0.338 e. The molecule has 2 amide bonds. The SMILES string of the molecule is O=C(NCC1CSCCS1)Nc1ccc(C(=O)O)c(F)c1. The normalized spacial score (nSPS) is 18.0. The van der Waals surface area contributed by atoms with E-state index in [1.54, 1.807) is 0 Å². The molecule has 0 bridgehead atoms. The van der Waals surface area contributed by atoms with Crippen molar-refractivity contribution in [3.05, 3.63) is 29.6 Å². The third kappa shape index (κ3) is 4.82. The maximum atomic E-state index is 13.5. The minimum absolute atomic E-state index is 0.223. The number of benzene rings is 1. The Morgan fingerprint density at radius 3 is 2.81 bits per heavy atom. The summed E-state index contributed by atoms with van der Waals surface area (Å²) in [5.74, 6) is 1.02. The lowest BCUT2D eigenvalue weighted by molar-refractivity contribution is 0.0692. The predicted octanol–water partition coefficient (Wildman–Crippen LogP) is 2.49. The Balaban J connectivity index is 1.84. The molecule has 1 saturated heterocycles. The molecule has 0 radical (unpaired) electrons. The number of rotatable bonds is 4. The topological polar surface area (TPSA) is 78.4 Å². The van der Waals surface area contributed by atoms with Gasteiger partial charge in [-0.25, -0.2) is 14.0 Å². The Morgan fingerprint density at radius 2 is 2.19 bits per heavy atom. The van der Waals surface area contributed by atoms with Crippen LogP contribution in [0.5, 0.6) is 0 Å². The lowest BCUT2D eigenvalue weighted by atomic mass is 10.2. The van der Waals surface area contributed by atoms with Crippen molar-refractivity contribution >= 4 is 41.2 Å².